The Kier molecular flexibility index (Phi) is 5.15. The highest BCUT2D eigenvalue weighted by Crippen LogP contribution is 2.32. The number of aromatic nitrogens is 4. The van der Waals surface area contributed by atoms with Crippen molar-refractivity contribution in [3.05, 3.63) is 57.9 Å². The second-order valence-electron chi connectivity index (χ2n) is 8.57. The monoisotopic (exact) mass is 449 g/mol. The van der Waals surface area contributed by atoms with Gasteiger partial charge in [0.15, 0.2) is 5.65 Å². The second-order valence-corrected chi connectivity index (χ2v) is 8.57. The van der Waals surface area contributed by atoms with Crippen LogP contribution in [-0.4, -0.2) is 73.6 Å². The van der Waals surface area contributed by atoms with Crippen LogP contribution < -0.4 is 11.4 Å². The Bertz CT molecular complexity index is 1310. The fraction of sp³-hybridized carbons (Fsp3) is 0.364. The molecule has 2 aliphatic rings. The summed E-state index contributed by atoms with van der Waals surface area (Å²) < 4.78 is 0. The Hall–Kier alpha value is -4.02. The van der Waals surface area contributed by atoms with Crippen LogP contribution in [0.15, 0.2) is 35.1 Å². The van der Waals surface area contributed by atoms with Gasteiger partial charge in [-0.2, -0.15) is 0 Å². The molecule has 1 unspecified atom stereocenters. The molecule has 0 bridgehead atoms. The highest BCUT2D eigenvalue weighted by molar-refractivity contribution is 5.96. The van der Waals surface area contributed by atoms with E-state index in [0.29, 0.717) is 49.0 Å². The number of nitrogens with zero attached hydrogens (tertiary/aromatic N) is 4. The fourth-order valence-electron chi connectivity index (χ4n) is 4.61. The van der Waals surface area contributed by atoms with Crippen molar-refractivity contribution in [1.29, 1.82) is 0 Å². The summed E-state index contributed by atoms with van der Waals surface area (Å²) in [6.07, 6.45) is 1.87. The smallest absolute Gasteiger partial charge is 0.325 e. The molecule has 2 aliphatic heterocycles. The number of nitrogens with two attached hydrogens (primary N) is 1. The van der Waals surface area contributed by atoms with Gasteiger partial charge in [-0.25, -0.2) is 14.8 Å². The predicted molar refractivity (Wildman–Crippen MR) is 117 cm³/mol. The van der Waals surface area contributed by atoms with Crippen LogP contribution in [0.25, 0.3) is 11.2 Å². The van der Waals surface area contributed by atoms with Gasteiger partial charge in [0.2, 0.25) is 0 Å². The highest BCUT2D eigenvalue weighted by atomic mass is 16.2. The van der Waals surface area contributed by atoms with Crippen LogP contribution in [0.5, 0.6) is 0 Å². The maximum atomic E-state index is 13.0. The molecule has 11 heteroatoms. The number of carbonyl (C=O) groups excluding carboxylic acids is 3. The molecular weight excluding hydrogens is 426 g/mol. The summed E-state index contributed by atoms with van der Waals surface area (Å²) in [5.41, 5.74) is 6.38. The van der Waals surface area contributed by atoms with E-state index in [-0.39, 0.29) is 34.8 Å². The molecule has 0 spiro atoms. The summed E-state index contributed by atoms with van der Waals surface area (Å²) in [6.45, 7) is 2.42. The molecule has 2 saturated heterocycles. The second kappa shape index (κ2) is 8.15. The minimum atomic E-state index is -0.672. The lowest BCUT2D eigenvalue weighted by atomic mass is 9.80. The molecule has 0 saturated carbocycles. The van der Waals surface area contributed by atoms with Crippen molar-refractivity contribution < 1.29 is 14.4 Å². The third-order valence-corrected chi connectivity index (χ3v) is 6.42. The van der Waals surface area contributed by atoms with Crippen molar-refractivity contribution in [3.63, 3.8) is 0 Å². The van der Waals surface area contributed by atoms with Gasteiger partial charge < -0.3 is 20.5 Å². The Labute approximate surface area is 188 Å². The van der Waals surface area contributed by atoms with Gasteiger partial charge in [0.1, 0.15) is 17.1 Å². The number of H-pyrrole nitrogens is 2. The van der Waals surface area contributed by atoms with Crippen LogP contribution >= 0.6 is 0 Å². The third kappa shape index (κ3) is 3.97. The van der Waals surface area contributed by atoms with Gasteiger partial charge >= 0.3 is 5.69 Å². The summed E-state index contributed by atoms with van der Waals surface area (Å²) in [6, 6.07) is 7.94. The van der Waals surface area contributed by atoms with E-state index in [2.05, 4.69) is 19.9 Å². The zero-order valence-electron chi connectivity index (χ0n) is 17.8. The van der Waals surface area contributed by atoms with Gasteiger partial charge in [-0.05, 0) is 48.9 Å². The first kappa shape index (κ1) is 20.9. The van der Waals surface area contributed by atoms with E-state index in [9.17, 15) is 19.2 Å². The number of primary amides is 1. The number of nitrogens with one attached hydrogen (secondary N) is 2. The minimum absolute atomic E-state index is 0.0647. The quantitative estimate of drug-likeness (QED) is 0.522. The van der Waals surface area contributed by atoms with Crippen molar-refractivity contribution in [1.82, 2.24) is 29.7 Å². The van der Waals surface area contributed by atoms with E-state index >= 15 is 0 Å². The van der Waals surface area contributed by atoms with Gasteiger partial charge in [-0.1, -0.05) is 6.07 Å². The molecule has 1 atom stereocenters. The van der Waals surface area contributed by atoms with Crippen molar-refractivity contribution >= 4 is 28.9 Å². The van der Waals surface area contributed by atoms with E-state index in [1.165, 1.54) is 6.07 Å². The lowest BCUT2D eigenvalue weighted by Gasteiger charge is -2.46. The number of likely N-dealkylation sites (tertiary alicyclic amines) is 2. The average molecular weight is 449 g/mol. The topological polar surface area (TPSA) is 158 Å². The molecule has 0 aromatic carbocycles. The van der Waals surface area contributed by atoms with E-state index in [4.69, 9.17) is 5.73 Å². The van der Waals surface area contributed by atoms with Crippen LogP contribution in [0.1, 0.15) is 44.3 Å². The van der Waals surface area contributed by atoms with Crippen molar-refractivity contribution in [2.75, 3.05) is 26.2 Å². The molecule has 3 aromatic heterocycles. The molecular formula is C22H23N7O4. The average Bonchev–Trinajstić information content (AvgIpc) is 3.17. The van der Waals surface area contributed by atoms with Crippen LogP contribution in [0.3, 0.4) is 0 Å². The number of pyridine rings is 2. The largest absolute Gasteiger partial charge is 0.364 e. The lowest BCUT2D eigenvalue weighted by Crippen LogP contribution is -2.56. The number of aromatic amines is 2. The third-order valence-electron chi connectivity index (χ3n) is 6.42. The molecule has 3 amide bonds. The van der Waals surface area contributed by atoms with Crippen LogP contribution in [0, 0.1) is 11.8 Å². The van der Waals surface area contributed by atoms with Crippen molar-refractivity contribution in [2.24, 2.45) is 17.6 Å². The lowest BCUT2D eigenvalue weighted by molar-refractivity contribution is 0.0183. The number of carbonyl (C=O) groups is 3. The van der Waals surface area contributed by atoms with Gasteiger partial charge in [-0.3, -0.25) is 19.4 Å². The number of piperidine rings is 1. The van der Waals surface area contributed by atoms with E-state index in [0.717, 1.165) is 12.8 Å². The predicted octanol–water partition coefficient (Wildman–Crippen LogP) is 0.370. The standard InChI is InChI=1S/C22H23N7O4/c23-18(30)14-4-1-5-16(24-14)21(32)29-10-13(11-29)12-3-2-8-28(9-12)20(31)17-7-6-15-19(25-17)27-22(33)26-15/h1,4-7,12-13H,2-3,8-11H2,(H2,23,30)(H2,25,26,27,33). The van der Waals surface area contributed by atoms with Gasteiger partial charge in [0.25, 0.3) is 17.7 Å². The molecule has 33 heavy (non-hydrogen) atoms. The highest BCUT2D eigenvalue weighted by Gasteiger charge is 2.39. The van der Waals surface area contributed by atoms with Gasteiger partial charge in [-0.15, -0.1) is 0 Å². The zero-order valence-corrected chi connectivity index (χ0v) is 17.8. The Morgan fingerprint density at radius 2 is 1.58 bits per heavy atom. The summed E-state index contributed by atoms with van der Waals surface area (Å²) in [5.74, 6) is -0.484. The maximum absolute atomic E-state index is 13.0. The molecule has 5 heterocycles. The van der Waals surface area contributed by atoms with E-state index < -0.39 is 5.91 Å². The zero-order chi connectivity index (χ0) is 23.1. The molecule has 4 N–H and O–H groups in total. The summed E-state index contributed by atoms with van der Waals surface area (Å²) in [5, 5.41) is 0. The van der Waals surface area contributed by atoms with Gasteiger partial charge in [0, 0.05) is 26.2 Å². The molecule has 170 valence electrons. The van der Waals surface area contributed by atoms with Crippen molar-refractivity contribution in [3.8, 4) is 0 Å². The summed E-state index contributed by atoms with van der Waals surface area (Å²) in [7, 11) is 0. The molecule has 3 aromatic rings. The van der Waals surface area contributed by atoms with E-state index in [1.54, 1.807) is 34.1 Å². The molecule has 0 radical (unpaired) electrons. The van der Waals surface area contributed by atoms with Crippen LogP contribution in [0.4, 0.5) is 0 Å². The molecule has 11 nitrogen and oxygen atoms in total. The molecule has 2 fully saturated rings. The number of imidazole rings is 1. The summed E-state index contributed by atoms with van der Waals surface area (Å²) in [4.78, 5) is 65.5. The first-order valence-electron chi connectivity index (χ1n) is 10.8. The summed E-state index contributed by atoms with van der Waals surface area (Å²) >= 11 is 0. The van der Waals surface area contributed by atoms with Crippen LogP contribution in [0.2, 0.25) is 0 Å². The maximum Gasteiger partial charge on any atom is 0.325 e. The van der Waals surface area contributed by atoms with E-state index in [1.807, 2.05) is 0 Å². The number of hydrogen-bond donors (Lipinski definition) is 3. The minimum Gasteiger partial charge on any atom is -0.364 e. The molecule has 5 rings (SSSR count). The van der Waals surface area contributed by atoms with Crippen LogP contribution in [-0.2, 0) is 0 Å². The first-order chi connectivity index (χ1) is 15.9. The fourth-order valence-corrected chi connectivity index (χ4v) is 4.61. The SMILES string of the molecule is NC(=O)c1cccc(C(=O)N2CC(C3CCCN(C(=O)c4ccc5[nH]c(=O)[nH]c5n4)C3)C2)n1. The first-order valence-corrected chi connectivity index (χ1v) is 10.8. The number of hydrogen-bond acceptors (Lipinski definition) is 6. The Balaban J connectivity index is 1.21. The normalized spacial score (nSPS) is 18.8. The number of fused-ring (bicyclic) bond motifs is 1. The molecule has 0 aliphatic carbocycles. The Morgan fingerprint density at radius 3 is 2.36 bits per heavy atom. The Morgan fingerprint density at radius 1 is 0.879 bits per heavy atom. The van der Waals surface area contributed by atoms with Gasteiger partial charge in [0.05, 0.1) is 5.52 Å². The number of amides is 3. The number of rotatable bonds is 4. The van der Waals surface area contributed by atoms with Crippen molar-refractivity contribution in [2.45, 2.75) is 12.8 Å².